The van der Waals surface area contributed by atoms with E-state index in [4.69, 9.17) is 0 Å². The van der Waals surface area contributed by atoms with Crippen molar-refractivity contribution in [1.29, 1.82) is 0 Å². The van der Waals surface area contributed by atoms with Gasteiger partial charge in [0.05, 0.1) is 0 Å². The zero-order chi connectivity index (χ0) is 21.4. The van der Waals surface area contributed by atoms with E-state index in [1.807, 2.05) is 0 Å². The van der Waals surface area contributed by atoms with Crippen LogP contribution in [-0.4, -0.2) is 20.6 Å². The highest BCUT2D eigenvalue weighted by Gasteiger charge is 2.36. The van der Waals surface area contributed by atoms with Gasteiger partial charge < -0.3 is 0 Å². The SMILES string of the molecule is CC(C)(C)P(Cc1cccc(CP(C(C)(C)C)C(C)(C)C)c1Br)C(C)(C)C. The van der Waals surface area contributed by atoms with Crippen LogP contribution in [-0.2, 0) is 12.3 Å². The summed E-state index contributed by atoms with van der Waals surface area (Å²) in [6, 6.07) is 6.97. The van der Waals surface area contributed by atoms with Crippen molar-refractivity contribution >= 4 is 31.8 Å². The lowest BCUT2D eigenvalue weighted by Crippen LogP contribution is -2.26. The number of rotatable bonds is 4. The number of hydrogen-bond acceptors (Lipinski definition) is 0. The summed E-state index contributed by atoms with van der Waals surface area (Å²) in [6.45, 7) is 29.0. The predicted octanol–water partition coefficient (Wildman–Crippen LogP) is 9.61. The van der Waals surface area contributed by atoms with Crippen molar-refractivity contribution in [2.24, 2.45) is 0 Å². The van der Waals surface area contributed by atoms with Crippen LogP contribution in [0.15, 0.2) is 22.7 Å². The Bertz CT molecular complexity index is 541. The molecule has 0 bridgehead atoms. The molecule has 0 nitrogen and oxygen atoms in total. The van der Waals surface area contributed by atoms with Crippen molar-refractivity contribution < 1.29 is 0 Å². The first-order valence-corrected chi connectivity index (χ1v) is 14.0. The molecule has 1 aromatic rings. The second-order valence-corrected chi connectivity index (χ2v) is 20.2. The van der Waals surface area contributed by atoms with Crippen LogP contribution in [0.25, 0.3) is 0 Å². The van der Waals surface area contributed by atoms with Crippen molar-refractivity contribution in [3.63, 3.8) is 0 Å². The fourth-order valence-corrected chi connectivity index (χ4v) is 12.3. The average Bonchev–Trinajstić information content (AvgIpc) is 2.39. The van der Waals surface area contributed by atoms with Crippen LogP contribution in [0.3, 0.4) is 0 Å². The minimum absolute atomic E-state index is 0.138. The second kappa shape index (κ2) is 8.74. The molecule has 0 saturated carbocycles. The summed E-state index contributed by atoms with van der Waals surface area (Å²) in [5, 5.41) is 1.41. The van der Waals surface area contributed by atoms with E-state index in [1.54, 1.807) is 0 Å². The summed E-state index contributed by atoms with van der Waals surface area (Å²) in [6.07, 6.45) is 2.39. The summed E-state index contributed by atoms with van der Waals surface area (Å²) in [7, 11) is -0.276. The molecule has 0 aromatic heterocycles. The molecule has 0 aliphatic heterocycles. The maximum atomic E-state index is 4.03. The molecule has 0 amide bonds. The van der Waals surface area contributed by atoms with Crippen molar-refractivity contribution in [1.82, 2.24) is 0 Å². The lowest BCUT2D eigenvalue weighted by molar-refractivity contribution is 0.702. The van der Waals surface area contributed by atoms with E-state index in [0.717, 1.165) is 0 Å². The van der Waals surface area contributed by atoms with E-state index in [-0.39, 0.29) is 15.8 Å². The largest absolute Gasteiger partial charge is 0.0911 e. The molecule has 0 unspecified atom stereocenters. The molecule has 1 aromatic carbocycles. The van der Waals surface area contributed by atoms with Gasteiger partial charge in [-0.25, -0.2) is 0 Å². The molecular formula is C24H43BrP2. The van der Waals surface area contributed by atoms with Crippen molar-refractivity contribution in [3.05, 3.63) is 33.8 Å². The molecule has 1 rings (SSSR count). The molecule has 0 heterocycles. The number of halogens is 1. The molecule has 0 N–H and O–H groups in total. The third-order valence-corrected chi connectivity index (χ3v) is 13.9. The smallest absolute Gasteiger partial charge is 0.0246 e. The van der Waals surface area contributed by atoms with Crippen LogP contribution < -0.4 is 0 Å². The highest BCUT2D eigenvalue weighted by atomic mass is 79.9. The third-order valence-electron chi connectivity index (χ3n) is 5.05. The van der Waals surface area contributed by atoms with Crippen molar-refractivity contribution in [3.8, 4) is 0 Å². The Labute approximate surface area is 181 Å². The maximum absolute atomic E-state index is 4.03. The Balaban J connectivity index is 3.27. The Kier molecular flexibility index (Phi) is 8.28. The normalized spacial score (nSPS) is 14.3. The Morgan fingerprint density at radius 3 is 1.07 bits per heavy atom. The van der Waals surface area contributed by atoms with Crippen LogP contribution in [0.4, 0.5) is 0 Å². The summed E-state index contributed by atoms with van der Waals surface area (Å²) >= 11 is 4.03. The van der Waals surface area contributed by atoms with Crippen LogP contribution in [0, 0.1) is 0 Å². The molecule has 3 heteroatoms. The standard InChI is InChI=1S/C24H43BrP2/c1-21(2,3)26(22(4,5)6)16-18-14-13-15-19(20(18)25)17-27(23(7,8)9)24(10,11)12/h13-15H,16-17H2,1-12H3. The van der Waals surface area contributed by atoms with Gasteiger partial charge in [-0.3, -0.25) is 0 Å². The van der Waals surface area contributed by atoms with Gasteiger partial charge in [0.1, 0.15) is 0 Å². The Morgan fingerprint density at radius 1 is 0.593 bits per heavy atom. The van der Waals surface area contributed by atoms with Gasteiger partial charge in [0.25, 0.3) is 0 Å². The first-order chi connectivity index (χ1) is 11.8. The molecule has 0 aliphatic carbocycles. The van der Waals surface area contributed by atoms with Crippen molar-refractivity contribution in [2.45, 2.75) is 116 Å². The summed E-state index contributed by atoms with van der Waals surface area (Å²) < 4.78 is 1.37. The van der Waals surface area contributed by atoms with Gasteiger partial charge in [0, 0.05) is 4.47 Å². The molecule has 0 radical (unpaired) electrons. The molecule has 0 aliphatic rings. The maximum Gasteiger partial charge on any atom is 0.0246 e. The molecule has 0 atom stereocenters. The molecule has 27 heavy (non-hydrogen) atoms. The predicted molar refractivity (Wildman–Crippen MR) is 134 cm³/mol. The van der Waals surface area contributed by atoms with Gasteiger partial charge in [-0.05, 0) is 44.1 Å². The highest BCUT2D eigenvalue weighted by molar-refractivity contribution is 9.10. The molecule has 0 fully saturated rings. The molecular weight excluding hydrogens is 430 g/mol. The molecule has 156 valence electrons. The first-order valence-electron chi connectivity index (χ1n) is 10.2. The lowest BCUT2D eigenvalue weighted by atomic mass is 10.1. The Hall–Kier alpha value is 0.560. The number of hydrogen-bond donors (Lipinski definition) is 0. The van der Waals surface area contributed by atoms with Gasteiger partial charge in [0.2, 0.25) is 0 Å². The highest BCUT2D eigenvalue weighted by Crippen LogP contribution is 2.63. The van der Waals surface area contributed by atoms with Crippen molar-refractivity contribution in [2.75, 3.05) is 0 Å². The van der Waals surface area contributed by atoms with E-state index in [0.29, 0.717) is 20.6 Å². The molecule has 0 saturated heterocycles. The summed E-state index contributed by atoms with van der Waals surface area (Å²) in [5.41, 5.74) is 3.00. The van der Waals surface area contributed by atoms with E-state index < -0.39 is 0 Å². The summed E-state index contributed by atoms with van der Waals surface area (Å²) in [5.74, 6) is 0. The molecule has 0 spiro atoms. The lowest BCUT2D eigenvalue weighted by Gasteiger charge is -2.43. The van der Waals surface area contributed by atoms with Gasteiger partial charge >= 0.3 is 0 Å². The van der Waals surface area contributed by atoms with Gasteiger partial charge in [-0.2, -0.15) is 0 Å². The fraction of sp³-hybridized carbons (Fsp3) is 0.750. The van der Waals surface area contributed by atoms with E-state index in [2.05, 4.69) is 117 Å². The second-order valence-electron chi connectivity index (χ2n) is 11.7. The van der Waals surface area contributed by atoms with Crippen LogP contribution in [0.2, 0.25) is 0 Å². The van der Waals surface area contributed by atoms with Crippen LogP contribution in [0.1, 0.15) is 94.2 Å². The van der Waals surface area contributed by atoms with Gasteiger partial charge in [-0.15, -0.1) is 0 Å². The van der Waals surface area contributed by atoms with Gasteiger partial charge in [0.15, 0.2) is 0 Å². The quantitative estimate of drug-likeness (QED) is 0.382. The monoisotopic (exact) mass is 472 g/mol. The number of benzene rings is 1. The van der Waals surface area contributed by atoms with Gasteiger partial charge in [-0.1, -0.05) is 133 Å². The first kappa shape index (κ1) is 25.6. The fourth-order valence-electron chi connectivity index (χ4n) is 4.18. The van der Waals surface area contributed by atoms with E-state index in [1.165, 1.54) is 27.9 Å². The Morgan fingerprint density at radius 2 is 0.852 bits per heavy atom. The topological polar surface area (TPSA) is 0 Å². The van der Waals surface area contributed by atoms with E-state index >= 15 is 0 Å². The minimum atomic E-state index is -0.138. The third kappa shape index (κ3) is 7.39. The zero-order valence-corrected chi connectivity index (χ0v) is 23.3. The minimum Gasteiger partial charge on any atom is -0.0911 e. The zero-order valence-electron chi connectivity index (χ0n) is 19.9. The summed E-state index contributed by atoms with van der Waals surface area (Å²) in [4.78, 5) is 0. The average molecular weight is 473 g/mol. The van der Waals surface area contributed by atoms with E-state index in [9.17, 15) is 0 Å². The van der Waals surface area contributed by atoms with Crippen LogP contribution >= 0.6 is 31.8 Å². The van der Waals surface area contributed by atoms with Crippen LogP contribution in [0.5, 0.6) is 0 Å².